The Hall–Kier alpha value is -2.72. The molecule has 34 heavy (non-hydrogen) atoms. The van der Waals surface area contributed by atoms with Crippen molar-refractivity contribution in [2.24, 2.45) is 9.98 Å². The van der Waals surface area contributed by atoms with Crippen LogP contribution in [0.2, 0.25) is 0 Å². The number of hydrogen-bond donors (Lipinski definition) is 2. The van der Waals surface area contributed by atoms with E-state index in [1.807, 2.05) is 24.3 Å². The van der Waals surface area contributed by atoms with Crippen molar-refractivity contribution in [2.75, 3.05) is 26.0 Å². The highest BCUT2D eigenvalue weighted by Crippen LogP contribution is 2.35. The van der Waals surface area contributed by atoms with E-state index in [4.69, 9.17) is 9.73 Å². The predicted molar refractivity (Wildman–Crippen MR) is 132 cm³/mol. The molecule has 182 valence electrons. The minimum atomic E-state index is -0.608. The molecule has 0 radical (unpaired) electrons. The highest BCUT2D eigenvalue weighted by Gasteiger charge is 2.41. The van der Waals surface area contributed by atoms with Gasteiger partial charge in [-0.05, 0) is 31.4 Å². The predicted octanol–water partition coefficient (Wildman–Crippen LogP) is 2.37. The molecule has 3 amide bonds. The van der Waals surface area contributed by atoms with Crippen LogP contribution in [0, 0.1) is 0 Å². The number of rotatable bonds is 9. The lowest BCUT2D eigenvalue weighted by Gasteiger charge is -2.31. The molecule has 1 saturated carbocycles. The summed E-state index contributed by atoms with van der Waals surface area (Å²) in [5.74, 6) is 0.230. The van der Waals surface area contributed by atoms with Crippen LogP contribution in [0.4, 0.5) is 5.69 Å². The van der Waals surface area contributed by atoms with Crippen molar-refractivity contribution >= 4 is 46.2 Å². The molecular formula is C24H31N5O4S. The number of nitrogens with zero attached hydrogens (tertiary/aromatic N) is 3. The number of carbonyl (C=O) groups excluding carboxylic acids is 3. The molecule has 0 saturated heterocycles. The van der Waals surface area contributed by atoms with Gasteiger partial charge >= 0.3 is 0 Å². The van der Waals surface area contributed by atoms with Gasteiger partial charge in [-0.15, -0.1) is 0 Å². The maximum Gasteiger partial charge on any atom is 0.270 e. The molecule has 0 spiro atoms. The first-order valence-electron chi connectivity index (χ1n) is 11.8. The molecule has 9 nitrogen and oxygen atoms in total. The van der Waals surface area contributed by atoms with Gasteiger partial charge in [-0.1, -0.05) is 43.2 Å². The minimum Gasteiger partial charge on any atom is -0.383 e. The molecule has 2 aliphatic heterocycles. The molecule has 1 aliphatic carbocycles. The van der Waals surface area contributed by atoms with Crippen LogP contribution in [0.1, 0.15) is 50.5 Å². The van der Waals surface area contributed by atoms with Crippen molar-refractivity contribution in [2.45, 2.75) is 57.0 Å². The zero-order valence-corrected chi connectivity index (χ0v) is 20.2. The first kappa shape index (κ1) is 24.4. The number of amidine groups is 2. The Morgan fingerprint density at radius 2 is 1.94 bits per heavy atom. The van der Waals surface area contributed by atoms with Gasteiger partial charge in [-0.25, -0.2) is 4.99 Å². The van der Waals surface area contributed by atoms with Crippen LogP contribution in [0.25, 0.3) is 0 Å². The molecule has 1 aromatic carbocycles. The average molecular weight is 486 g/mol. The number of methoxy groups -OCH3 is 1. The number of hydrogen-bond acceptors (Lipinski definition) is 7. The quantitative estimate of drug-likeness (QED) is 0.520. The fourth-order valence-corrected chi connectivity index (χ4v) is 5.34. The SMILES string of the molecule is COCCNC(=O)CSC1=Nc2ccccc2C2=NC(=O)C(CCC(=O)NC3CCCCC3)N12. The van der Waals surface area contributed by atoms with Gasteiger partial charge in [0.1, 0.15) is 11.9 Å². The van der Waals surface area contributed by atoms with Crippen LogP contribution in [-0.2, 0) is 19.1 Å². The molecule has 1 atom stereocenters. The van der Waals surface area contributed by atoms with Crippen LogP contribution >= 0.6 is 11.8 Å². The van der Waals surface area contributed by atoms with Gasteiger partial charge in [0, 0.05) is 31.7 Å². The van der Waals surface area contributed by atoms with E-state index in [0.717, 1.165) is 31.2 Å². The number of para-hydroxylation sites is 1. The summed E-state index contributed by atoms with van der Waals surface area (Å²) in [4.78, 5) is 48.6. The lowest BCUT2D eigenvalue weighted by Crippen LogP contribution is -2.45. The molecule has 2 N–H and O–H groups in total. The Balaban J connectivity index is 1.44. The number of nitrogens with one attached hydrogen (secondary N) is 2. The zero-order valence-electron chi connectivity index (χ0n) is 19.4. The third kappa shape index (κ3) is 5.85. The van der Waals surface area contributed by atoms with E-state index in [1.165, 1.54) is 18.2 Å². The van der Waals surface area contributed by atoms with Crippen LogP contribution in [0.15, 0.2) is 34.3 Å². The summed E-state index contributed by atoms with van der Waals surface area (Å²) in [6.45, 7) is 0.867. The molecule has 0 aromatic heterocycles. The Morgan fingerprint density at radius 3 is 2.74 bits per heavy atom. The van der Waals surface area contributed by atoms with Crippen molar-refractivity contribution in [3.8, 4) is 0 Å². The summed E-state index contributed by atoms with van der Waals surface area (Å²) in [6.07, 6.45) is 6.13. The molecule has 1 unspecified atom stereocenters. The van der Waals surface area contributed by atoms with Crippen molar-refractivity contribution in [1.29, 1.82) is 0 Å². The average Bonchev–Trinajstić information content (AvgIpc) is 3.18. The molecule has 3 aliphatic rings. The fraction of sp³-hybridized carbons (Fsp3) is 0.542. The first-order chi connectivity index (χ1) is 16.6. The lowest BCUT2D eigenvalue weighted by molar-refractivity contribution is -0.123. The van der Waals surface area contributed by atoms with Crippen LogP contribution in [0.5, 0.6) is 0 Å². The molecule has 10 heteroatoms. The van der Waals surface area contributed by atoms with E-state index in [-0.39, 0.29) is 35.9 Å². The molecule has 4 rings (SSSR count). The molecular weight excluding hydrogens is 454 g/mol. The summed E-state index contributed by atoms with van der Waals surface area (Å²) < 4.78 is 4.96. The van der Waals surface area contributed by atoms with Crippen LogP contribution in [0.3, 0.4) is 0 Å². The maximum absolute atomic E-state index is 12.9. The van der Waals surface area contributed by atoms with E-state index in [1.54, 1.807) is 12.0 Å². The second-order valence-corrected chi connectivity index (χ2v) is 9.59. The Labute approximate surface area is 203 Å². The largest absolute Gasteiger partial charge is 0.383 e. The van der Waals surface area contributed by atoms with E-state index in [9.17, 15) is 14.4 Å². The summed E-state index contributed by atoms with van der Waals surface area (Å²) in [6, 6.07) is 7.13. The second-order valence-electron chi connectivity index (χ2n) is 8.64. The number of ether oxygens (including phenoxy) is 1. The van der Waals surface area contributed by atoms with Gasteiger partial charge < -0.3 is 15.4 Å². The van der Waals surface area contributed by atoms with E-state index in [2.05, 4.69) is 15.6 Å². The van der Waals surface area contributed by atoms with Crippen molar-refractivity contribution in [3.63, 3.8) is 0 Å². The van der Waals surface area contributed by atoms with Crippen molar-refractivity contribution in [1.82, 2.24) is 15.5 Å². The third-order valence-electron chi connectivity index (χ3n) is 6.18. The smallest absolute Gasteiger partial charge is 0.270 e. The second kappa shape index (κ2) is 11.6. The zero-order chi connectivity index (χ0) is 23.9. The molecule has 1 aromatic rings. The van der Waals surface area contributed by atoms with Gasteiger partial charge in [0.25, 0.3) is 5.91 Å². The molecule has 1 fully saturated rings. The molecule has 0 bridgehead atoms. The monoisotopic (exact) mass is 485 g/mol. The van der Waals surface area contributed by atoms with Crippen LogP contribution in [-0.4, -0.2) is 71.7 Å². The Kier molecular flexibility index (Phi) is 8.34. The summed E-state index contributed by atoms with van der Waals surface area (Å²) in [7, 11) is 1.58. The van der Waals surface area contributed by atoms with Gasteiger partial charge in [0.05, 0.1) is 18.0 Å². The fourth-order valence-electron chi connectivity index (χ4n) is 4.46. The van der Waals surface area contributed by atoms with Gasteiger partial charge in [-0.2, -0.15) is 4.99 Å². The van der Waals surface area contributed by atoms with Gasteiger partial charge in [0.2, 0.25) is 11.8 Å². The molecule has 2 heterocycles. The van der Waals surface area contributed by atoms with E-state index < -0.39 is 6.04 Å². The summed E-state index contributed by atoms with van der Waals surface area (Å²) in [5.41, 5.74) is 1.49. The number of thioether (sulfide) groups is 1. The first-order valence-corrected chi connectivity index (χ1v) is 12.8. The Morgan fingerprint density at radius 1 is 1.15 bits per heavy atom. The normalized spacial score (nSPS) is 19.7. The number of benzene rings is 1. The third-order valence-corrected chi connectivity index (χ3v) is 7.14. The maximum atomic E-state index is 12.9. The number of amides is 3. The number of fused-ring (bicyclic) bond motifs is 3. The van der Waals surface area contributed by atoms with E-state index >= 15 is 0 Å². The van der Waals surface area contributed by atoms with E-state index in [0.29, 0.717) is 36.3 Å². The highest BCUT2D eigenvalue weighted by molar-refractivity contribution is 8.14. The topological polar surface area (TPSA) is 112 Å². The Bertz CT molecular complexity index is 989. The van der Waals surface area contributed by atoms with Crippen LogP contribution < -0.4 is 10.6 Å². The van der Waals surface area contributed by atoms with Gasteiger partial charge in [0.15, 0.2) is 5.17 Å². The highest BCUT2D eigenvalue weighted by atomic mass is 32.2. The number of aliphatic imine (C=N–C) groups is 2. The summed E-state index contributed by atoms with van der Waals surface area (Å²) in [5, 5.41) is 6.45. The van der Waals surface area contributed by atoms with Crippen molar-refractivity contribution in [3.05, 3.63) is 29.8 Å². The lowest BCUT2D eigenvalue weighted by atomic mass is 9.95. The standard InChI is InChI=1S/C24H31N5O4S/c1-33-14-13-25-21(31)15-34-24-27-18-10-6-5-9-17(18)22-28-23(32)19(29(22)24)11-12-20(30)26-16-7-3-2-4-8-16/h5-6,9-10,16,19H,2-4,7-8,11-15H2,1H3,(H,25,31)(H,26,30). The summed E-state index contributed by atoms with van der Waals surface area (Å²) >= 11 is 1.26. The van der Waals surface area contributed by atoms with Crippen molar-refractivity contribution < 1.29 is 19.1 Å². The number of carbonyl (C=O) groups is 3. The minimum absolute atomic E-state index is 0.0331. The van der Waals surface area contributed by atoms with Gasteiger partial charge in [-0.3, -0.25) is 19.3 Å².